The molecule has 0 radical (unpaired) electrons. The van der Waals surface area contributed by atoms with E-state index in [0.29, 0.717) is 18.9 Å². The van der Waals surface area contributed by atoms with E-state index in [9.17, 15) is 9.59 Å². The molecule has 5 nitrogen and oxygen atoms in total. The van der Waals surface area contributed by atoms with Crippen LogP contribution in [-0.4, -0.2) is 59.3 Å². The molecule has 2 heterocycles. The standard InChI is InChI=1S/C21H33N3O2/c1-5-6-11-24-15(2)17(21-18(24)8-7-9-19(21)25)13-20(26)23-12-10-16(14-23)22(3)4/h16H,5-14H2,1-4H3/t16-/m1/s1. The van der Waals surface area contributed by atoms with Gasteiger partial charge in [0, 0.05) is 49.0 Å². The van der Waals surface area contributed by atoms with E-state index >= 15 is 0 Å². The lowest BCUT2D eigenvalue weighted by Crippen LogP contribution is -2.35. The van der Waals surface area contributed by atoms with Gasteiger partial charge in [-0.3, -0.25) is 9.59 Å². The number of rotatable bonds is 6. The zero-order valence-electron chi connectivity index (χ0n) is 16.8. The Morgan fingerprint density at radius 2 is 2.04 bits per heavy atom. The number of amides is 1. The number of likely N-dealkylation sites (N-methyl/N-ethyl adjacent to an activating group) is 1. The van der Waals surface area contributed by atoms with E-state index in [1.807, 2.05) is 4.90 Å². The Hall–Kier alpha value is -1.62. The summed E-state index contributed by atoms with van der Waals surface area (Å²) in [6.07, 6.45) is 6.18. The molecule has 2 aliphatic rings. The number of hydrogen-bond acceptors (Lipinski definition) is 3. The highest BCUT2D eigenvalue weighted by atomic mass is 16.2. The lowest BCUT2D eigenvalue weighted by Gasteiger charge is -2.21. The van der Waals surface area contributed by atoms with Crippen molar-refractivity contribution in [2.45, 2.75) is 71.4 Å². The molecule has 1 fully saturated rings. The second-order valence-corrected chi connectivity index (χ2v) is 8.09. The average Bonchev–Trinajstić information content (AvgIpc) is 3.19. The minimum absolute atomic E-state index is 0.172. The van der Waals surface area contributed by atoms with Gasteiger partial charge in [0.05, 0.1) is 6.42 Å². The van der Waals surface area contributed by atoms with Crippen molar-refractivity contribution >= 4 is 11.7 Å². The second-order valence-electron chi connectivity index (χ2n) is 8.09. The first-order valence-electron chi connectivity index (χ1n) is 10.1. The van der Waals surface area contributed by atoms with Crippen LogP contribution in [0.2, 0.25) is 0 Å². The minimum atomic E-state index is 0.172. The first-order chi connectivity index (χ1) is 12.4. The third-order valence-corrected chi connectivity index (χ3v) is 6.16. The number of hydrogen-bond donors (Lipinski definition) is 0. The monoisotopic (exact) mass is 359 g/mol. The predicted molar refractivity (Wildman–Crippen MR) is 104 cm³/mol. The summed E-state index contributed by atoms with van der Waals surface area (Å²) in [6, 6.07) is 0.449. The molecule has 5 heteroatoms. The lowest BCUT2D eigenvalue weighted by atomic mass is 9.92. The van der Waals surface area contributed by atoms with Crippen LogP contribution >= 0.6 is 0 Å². The molecule has 0 N–H and O–H groups in total. The quantitative estimate of drug-likeness (QED) is 0.785. The maximum absolute atomic E-state index is 12.9. The normalized spacial score (nSPS) is 20.1. The topological polar surface area (TPSA) is 45.6 Å². The maximum atomic E-state index is 12.9. The molecule has 0 unspecified atom stereocenters. The number of fused-ring (bicyclic) bond motifs is 1. The van der Waals surface area contributed by atoms with Crippen molar-refractivity contribution in [3.8, 4) is 0 Å². The Labute approximate surface area is 157 Å². The van der Waals surface area contributed by atoms with Crippen molar-refractivity contribution in [1.29, 1.82) is 0 Å². The fourth-order valence-corrected chi connectivity index (χ4v) is 4.47. The second kappa shape index (κ2) is 7.95. The highest BCUT2D eigenvalue weighted by Gasteiger charge is 2.32. The summed E-state index contributed by atoms with van der Waals surface area (Å²) >= 11 is 0. The molecular formula is C21H33N3O2. The Balaban J connectivity index is 1.84. The van der Waals surface area contributed by atoms with Crippen LogP contribution in [0.4, 0.5) is 0 Å². The fourth-order valence-electron chi connectivity index (χ4n) is 4.47. The van der Waals surface area contributed by atoms with Gasteiger partial charge in [0.1, 0.15) is 0 Å². The minimum Gasteiger partial charge on any atom is -0.348 e. The predicted octanol–water partition coefficient (Wildman–Crippen LogP) is 2.82. The lowest BCUT2D eigenvalue weighted by molar-refractivity contribution is -0.129. The zero-order valence-corrected chi connectivity index (χ0v) is 16.8. The van der Waals surface area contributed by atoms with Gasteiger partial charge in [0.15, 0.2) is 5.78 Å². The van der Waals surface area contributed by atoms with Crippen LogP contribution < -0.4 is 0 Å². The van der Waals surface area contributed by atoms with Gasteiger partial charge < -0.3 is 14.4 Å². The van der Waals surface area contributed by atoms with E-state index in [1.165, 1.54) is 5.69 Å². The maximum Gasteiger partial charge on any atom is 0.227 e. The van der Waals surface area contributed by atoms with Gasteiger partial charge in [-0.25, -0.2) is 0 Å². The van der Waals surface area contributed by atoms with Crippen molar-refractivity contribution in [1.82, 2.24) is 14.4 Å². The first kappa shape index (κ1) is 19.2. The van der Waals surface area contributed by atoms with Gasteiger partial charge in [0.25, 0.3) is 0 Å². The van der Waals surface area contributed by atoms with E-state index in [4.69, 9.17) is 0 Å². The van der Waals surface area contributed by atoms with Gasteiger partial charge in [-0.2, -0.15) is 0 Å². The molecule has 1 amide bonds. The molecule has 1 atom stereocenters. The molecular weight excluding hydrogens is 326 g/mol. The summed E-state index contributed by atoms with van der Waals surface area (Å²) in [5.41, 5.74) is 4.19. The molecule has 0 saturated carbocycles. The van der Waals surface area contributed by atoms with Crippen LogP contribution in [0, 0.1) is 6.92 Å². The number of likely N-dealkylation sites (tertiary alicyclic amines) is 1. The number of ketones is 1. The van der Waals surface area contributed by atoms with Crippen LogP contribution in [0.1, 0.15) is 66.3 Å². The molecule has 26 heavy (non-hydrogen) atoms. The van der Waals surface area contributed by atoms with E-state index < -0.39 is 0 Å². The number of unbranched alkanes of at least 4 members (excludes halogenated alkanes) is 1. The SMILES string of the molecule is CCCCn1c(C)c(CC(=O)N2CC[C@@H](N(C)C)C2)c2c1CCCC2=O. The van der Waals surface area contributed by atoms with Crippen molar-refractivity contribution in [2.75, 3.05) is 27.2 Å². The van der Waals surface area contributed by atoms with Gasteiger partial charge in [-0.15, -0.1) is 0 Å². The molecule has 1 aromatic rings. The molecule has 0 spiro atoms. The average molecular weight is 360 g/mol. The van der Waals surface area contributed by atoms with Crippen LogP contribution in [0.25, 0.3) is 0 Å². The van der Waals surface area contributed by atoms with Gasteiger partial charge in [-0.1, -0.05) is 13.3 Å². The zero-order chi connectivity index (χ0) is 18.8. The summed E-state index contributed by atoms with van der Waals surface area (Å²) in [4.78, 5) is 29.8. The molecule has 3 rings (SSSR count). The molecule has 1 aliphatic heterocycles. The third-order valence-electron chi connectivity index (χ3n) is 6.16. The number of carbonyl (C=O) groups excluding carboxylic acids is 2. The molecule has 1 saturated heterocycles. The highest BCUT2D eigenvalue weighted by Crippen LogP contribution is 2.31. The fraction of sp³-hybridized carbons (Fsp3) is 0.714. The van der Waals surface area contributed by atoms with Gasteiger partial charge in [0.2, 0.25) is 5.91 Å². The first-order valence-corrected chi connectivity index (χ1v) is 10.1. The largest absolute Gasteiger partial charge is 0.348 e. The Bertz CT molecular complexity index is 690. The van der Waals surface area contributed by atoms with Crippen LogP contribution in [0.15, 0.2) is 0 Å². The van der Waals surface area contributed by atoms with E-state index in [0.717, 1.165) is 68.6 Å². The van der Waals surface area contributed by atoms with E-state index in [1.54, 1.807) is 0 Å². The molecule has 0 bridgehead atoms. The van der Waals surface area contributed by atoms with Crippen LogP contribution in [-0.2, 0) is 24.2 Å². The number of nitrogens with zero attached hydrogens (tertiary/aromatic N) is 3. The Morgan fingerprint density at radius 1 is 1.27 bits per heavy atom. The third kappa shape index (κ3) is 3.59. The van der Waals surface area contributed by atoms with Crippen molar-refractivity contribution in [3.05, 3.63) is 22.5 Å². The molecule has 1 aromatic heterocycles. The van der Waals surface area contributed by atoms with Crippen LogP contribution in [0.3, 0.4) is 0 Å². The summed E-state index contributed by atoms with van der Waals surface area (Å²) in [5, 5.41) is 0. The van der Waals surface area contributed by atoms with Gasteiger partial charge in [-0.05, 0) is 52.3 Å². The highest BCUT2D eigenvalue weighted by molar-refractivity contribution is 6.01. The summed E-state index contributed by atoms with van der Waals surface area (Å²) < 4.78 is 2.32. The molecule has 144 valence electrons. The van der Waals surface area contributed by atoms with Crippen molar-refractivity contribution in [3.63, 3.8) is 0 Å². The number of Topliss-reactive ketones (excluding diaryl/α,β-unsaturated/α-hetero) is 1. The number of carbonyl (C=O) groups is 2. The molecule has 0 aromatic carbocycles. The Kier molecular flexibility index (Phi) is 5.86. The van der Waals surface area contributed by atoms with E-state index in [-0.39, 0.29) is 11.7 Å². The summed E-state index contributed by atoms with van der Waals surface area (Å²) in [5.74, 6) is 0.409. The van der Waals surface area contributed by atoms with Gasteiger partial charge >= 0.3 is 0 Å². The van der Waals surface area contributed by atoms with E-state index in [2.05, 4.69) is 37.4 Å². The van der Waals surface area contributed by atoms with Crippen molar-refractivity contribution < 1.29 is 9.59 Å². The van der Waals surface area contributed by atoms with Crippen LogP contribution in [0.5, 0.6) is 0 Å². The molecule has 1 aliphatic carbocycles. The summed E-state index contributed by atoms with van der Waals surface area (Å²) in [7, 11) is 4.15. The Morgan fingerprint density at radius 3 is 2.69 bits per heavy atom. The smallest absolute Gasteiger partial charge is 0.227 e. The van der Waals surface area contributed by atoms with Crippen molar-refractivity contribution in [2.24, 2.45) is 0 Å². The number of aromatic nitrogens is 1. The summed E-state index contributed by atoms with van der Waals surface area (Å²) in [6.45, 7) is 6.87.